The number of carbonyl (C=O) groups excluding carboxylic acids is 1. The molecule has 0 aliphatic carbocycles. The van der Waals surface area contributed by atoms with Crippen LogP contribution < -0.4 is 9.46 Å². The van der Waals surface area contributed by atoms with Gasteiger partial charge in [-0.1, -0.05) is 24.3 Å². The van der Waals surface area contributed by atoms with E-state index in [1.54, 1.807) is 23.1 Å². The highest BCUT2D eigenvalue weighted by Gasteiger charge is 2.31. The fraction of sp³-hybridized carbons (Fsp3) is 0.320. The number of sulfonamides is 1. The standard InChI is InChI=1S/C25H27N5O4S/c1-16-6-4-7-17(2)23(16)21-13-22-27-25(26-21)28-35(32,33)20-9-5-8-18(12-20)24(31)30-11-10-29(3)14-19(30)15-34-22/h4-9,12-13,19H,10-11,14-15H2,1-3H3,(H,26,27,28)/t19-/m1/s1. The zero-order valence-electron chi connectivity index (χ0n) is 19.9. The van der Waals surface area contributed by atoms with E-state index in [9.17, 15) is 13.2 Å². The van der Waals surface area contributed by atoms with Gasteiger partial charge in [-0.05, 0) is 50.2 Å². The molecule has 4 bridgehead atoms. The van der Waals surface area contributed by atoms with Crippen LogP contribution in [0.2, 0.25) is 0 Å². The molecule has 0 spiro atoms. The molecule has 0 saturated carbocycles. The van der Waals surface area contributed by atoms with Crippen molar-refractivity contribution in [2.75, 3.05) is 38.0 Å². The van der Waals surface area contributed by atoms with Crippen molar-refractivity contribution in [2.45, 2.75) is 24.8 Å². The lowest BCUT2D eigenvalue weighted by Gasteiger charge is -2.39. The first-order valence-electron chi connectivity index (χ1n) is 11.4. The molecule has 1 N–H and O–H groups in total. The zero-order valence-corrected chi connectivity index (χ0v) is 20.7. The second-order valence-electron chi connectivity index (χ2n) is 9.04. The van der Waals surface area contributed by atoms with Crippen LogP contribution in [-0.2, 0) is 10.0 Å². The number of ether oxygens (including phenoxy) is 1. The van der Waals surface area contributed by atoms with Crippen LogP contribution in [0.4, 0.5) is 5.95 Å². The van der Waals surface area contributed by atoms with Crippen LogP contribution in [0.25, 0.3) is 11.3 Å². The summed E-state index contributed by atoms with van der Waals surface area (Å²) in [6.07, 6.45) is 0. The summed E-state index contributed by atoms with van der Waals surface area (Å²) < 4.78 is 35.0. The summed E-state index contributed by atoms with van der Waals surface area (Å²) in [4.78, 5) is 26.1. The van der Waals surface area contributed by atoms with Crippen molar-refractivity contribution in [3.8, 4) is 17.1 Å². The summed E-state index contributed by atoms with van der Waals surface area (Å²) >= 11 is 0. The number of aromatic nitrogens is 2. The highest BCUT2D eigenvalue weighted by Crippen LogP contribution is 2.30. The van der Waals surface area contributed by atoms with E-state index in [1.807, 2.05) is 39.1 Å². The first-order valence-corrected chi connectivity index (χ1v) is 12.9. The maximum Gasteiger partial charge on any atom is 0.264 e. The lowest BCUT2D eigenvalue weighted by Crippen LogP contribution is -2.56. The van der Waals surface area contributed by atoms with Gasteiger partial charge >= 0.3 is 0 Å². The molecule has 2 aromatic carbocycles. The molecule has 3 aromatic rings. The van der Waals surface area contributed by atoms with Crippen LogP contribution in [0.5, 0.6) is 5.88 Å². The summed E-state index contributed by atoms with van der Waals surface area (Å²) in [5.41, 5.74) is 3.76. The van der Waals surface area contributed by atoms with Crippen molar-refractivity contribution in [1.29, 1.82) is 0 Å². The lowest BCUT2D eigenvalue weighted by molar-refractivity contribution is 0.0383. The Bertz CT molecular complexity index is 1390. The third kappa shape index (κ3) is 4.59. The molecule has 5 rings (SSSR count). The number of hydrogen-bond acceptors (Lipinski definition) is 7. The molecule has 1 fully saturated rings. The number of fused-ring (bicyclic) bond motifs is 5. The number of anilines is 1. The van der Waals surface area contributed by atoms with E-state index in [0.717, 1.165) is 23.2 Å². The topological polar surface area (TPSA) is 105 Å². The number of nitrogens with zero attached hydrogens (tertiary/aromatic N) is 4. The van der Waals surface area contributed by atoms with Crippen molar-refractivity contribution in [3.05, 3.63) is 65.2 Å². The van der Waals surface area contributed by atoms with Gasteiger partial charge in [-0.2, -0.15) is 4.98 Å². The largest absolute Gasteiger partial charge is 0.475 e. The number of amides is 1. The molecule has 0 radical (unpaired) electrons. The number of rotatable bonds is 1. The maximum atomic E-state index is 13.4. The Morgan fingerprint density at radius 3 is 2.54 bits per heavy atom. The summed E-state index contributed by atoms with van der Waals surface area (Å²) in [5, 5.41) is 0. The summed E-state index contributed by atoms with van der Waals surface area (Å²) in [5.74, 6) is -0.0762. The summed E-state index contributed by atoms with van der Waals surface area (Å²) in [6, 6.07) is 13.5. The normalized spacial score (nSPS) is 19.9. The Balaban J connectivity index is 1.66. The van der Waals surface area contributed by atoms with Crippen molar-refractivity contribution in [3.63, 3.8) is 0 Å². The average Bonchev–Trinajstić information content (AvgIpc) is 2.82. The second-order valence-corrected chi connectivity index (χ2v) is 10.7. The van der Waals surface area contributed by atoms with Gasteiger partial charge in [0.1, 0.15) is 6.61 Å². The molecule has 2 aliphatic heterocycles. The Labute approximate surface area is 204 Å². The minimum Gasteiger partial charge on any atom is -0.475 e. The molecular formula is C25H27N5O4S. The van der Waals surface area contributed by atoms with Crippen LogP contribution in [0.1, 0.15) is 21.5 Å². The third-order valence-corrected chi connectivity index (χ3v) is 7.75. The molecule has 35 heavy (non-hydrogen) atoms. The number of benzene rings is 2. The van der Waals surface area contributed by atoms with Crippen LogP contribution in [0.3, 0.4) is 0 Å². The molecule has 3 heterocycles. The van der Waals surface area contributed by atoms with Crippen molar-refractivity contribution in [2.24, 2.45) is 0 Å². The molecule has 2 aliphatic rings. The number of piperazine rings is 1. The van der Waals surface area contributed by atoms with Crippen molar-refractivity contribution < 1.29 is 17.9 Å². The fourth-order valence-corrected chi connectivity index (χ4v) is 5.62. The van der Waals surface area contributed by atoms with Crippen LogP contribution in [0, 0.1) is 13.8 Å². The number of carbonyl (C=O) groups is 1. The highest BCUT2D eigenvalue weighted by atomic mass is 32.2. The maximum absolute atomic E-state index is 13.4. The molecule has 0 unspecified atom stereocenters. The van der Waals surface area contributed by atoms with E-state index in [4.69, 9.17) is 4.74 Å². The number of aryl methyl sites for hydroxylation is 2. The molecule has 1 saturated heterocycles. The third-order valence-electron chi connectivity index (χ3n) is 6.43. The van der Waals surface area contributed by atoms with Crippen LogP contribution in [-0.4, -0.2) is 73.4 Å². The van der Waals surface area contributed by atoms with Gasteiger partial charge in [-0.25, -0.2) is 18.1 Å². The van der Waals surface area contributed by atoms with Gasteiger partial charge in [0.05, 0.1) is 16.6 Å². The summed E-state index contributed by atoms with van der Waals surface area (Å²) in [6.45, 7) is 6.03. The summed E-state index contributed by atoms with van der Waals surface area (Å²) in [7, 11) is -2.05. The number of likely N-dealkylation sites (N-methyl/N-ethyl adjacent to an activating group) is 1. The second kappa shape index (κ2) is 8.94. The van der Waals surface area contributed by atoms with E-state index >= 15 is 0 Å². The first-order chi connectivity index (χ1) is 16.7. The number of hydrogen-bond donors (Lipinski definition) is 1. The Morgan fingerprint density at radius 2 is 1.77 bits per heavy atom. The minimum atomic E-state index is -4.05. The molecule has 1 amide bonds. The van der Waals surface area contributed by atoms with Gasteiger partial charge in [0, 0.05) is 36.8 Å². The molecule has 10 heteroatoms. The smallest absolute Gasteiger partial charge is 0.264 e. The van der Waals surface area contributed by atoms with Gasteiger partial charge < -0.3 is 14.5 Å². The van der Waals surface area contributed by atoms with E-state index in [2.05, 4.69) is 19.6 Å². The van der Waals surface area contributed by atoms with E-state index in [1.165, 1.54) is 12.1 Å². The fourth-order valence-electron chi connectivity index (χ4n) is 4.63. The average molecular weight is 494 g/mol. The zero-order chi connectivity index (χ0) is 24.7. The minimum absolute atomic E-state index is 0.0307. The SMILES string of the molecule is Cc1cccc(C)c1-c1cc2nc(n1)NS(=O)(=O)c1cccc(c1)C(=O)N1CCN(C)C[C@@H]1CO2. The predicted octanol–water partition coefficient (Wildman–Crippen LogP) is 2.71. The quantitative estimate of drug-likeness (QED) is 0.556. The van der Waals surface area contributed by atoms with Gasteiger partial charge in [-0.15, -0.1) is 0 Å². The monoisotopic (exact) mass is 493 g/mol. The molecule has 1 atom stereocenters. The Morgan fingerprint density at radius 1 is 1.03 bits per heavy atom. The van der Waals surface area contributed by atoms with Crippen LogP contribution >= 0.6 is 0 Å². The number of nitrogens with one attached hydrogen (secondary N) is 1. The predicted molar refractivity (Wildman–Crippen MR) is 132 cm³/mol. The first kappa shape index (κ1) is 23.3. The van der Waals surface area contributed by atoms with Crippen LogP contribution in [0.15, 0.2) is 53.4 Å². The van der Waals surface area contributed by atoms with Gasteiger partial charge in [0.2, 0.25) is 11.8 Å². The van der Waals surface area contributed by atoms with Crippen molar-refractivity contribution >= 4 is 21.9 Å². The Hall–Kier alpha value is -3.50. The van der Waals surface area contributed by atoms with Gasteiger partial charge in [0.25, 0.3) is 15.9 Å². The van der Waals surface area contributed by atoms with Gasteiger partial charge in [0.15, 0.2) is 0 Å². The lowest BCUT2D eigenvalue weighted by atomic mass is 10.00. The Kier molecular flexibility index (Phi) is 5.94. The van der Waals surface area contributed by atoms with E-state index in [0.29, 0.717) is 24.3 Å². The molecular weight excluding hydrogens is 466 g/mol. The van der Waals surface area contributed by atoms with E-state index in [-0.39, 0.29) is 35.3 Å². The highest BCUT2D eigenvalue weighted by molar-refractivity contribution is 7.92. The molecule has 182 valence electrons. The molecule has 1 aromatic heterocycles. The molecule has 9 nitrogen and oxygen atoms in total. The van der Waals surface area contributed by atoms with Crippen molar-refractivity contribution in [1.82, 2.24) is 19.8 Å². The van der Waals surface area contributed by atoms with E-state index < -0.39 is 10.0 Å². The van der Waals surface area contributed by atoms with Gasteiger partial charge in [-0.3, -0.25) is 4.79 Å².